The molecule has 2 aromatic carbocycles. The average Bonchev–Trinajstić information content (AvgIpc) is 2.92. The van der Waals surface area contributed by atoms with Crippen LogP contribution in [0.15, 0.2) is 54.7 Å². The van der Waals surface area contributed by atoms with E-state index in [9.17, 15) is 4.79 Å². The molecule has 0 N–H and O–H groups in total. The Balaban J connectivity index is 1.41. The molecule has 1 amide bonds. The van der Waals surface area contributed by atoms with E-state index in [1.165, 1.54) is 0 Å². The van der Waals surface area contributed by atoms with Gasteiger partial charge in [-0.2, -0.15) is 0 Å². The Morgan fingerprint density at radius 3 is 2.06 bits per heavy atom. The quantitative estimate of drug-likeness (QED) is 0.489. The Hall–Kier alpha value is -3.78. The molecule has 35 heavy (non-hydrogen) atoms. The molecular weight excluding hydrogens is 446 g/mol. The van der Waals surface area contributed by atoms with Crippen molar-refractivity contribution in [1.29, 1.82) is 0 Å². The minimum absolute atomic E-state index is 0.0564. The highest BCUT2D eigenvalue weighted by Crippen LogP contribution is 2.40. The summed E-state index contributed by atoms with van der Waals surface area (Å²) in [4.78, 5) is 21.7. The van der Waals surface area contributed by atoms with E-state index >= 15 is 0 Å². The lowest BCUT2D eigenvalue weighted by molar-refractivity contribution is 0.0628. The highest BCUT2D eigenvalue weighted by atomic mass is 16.5. The fourth-order valence-electron chi connectivity index (χ4n) is 4.24. The number of hydrogen-bond acceptors (Lipinski definition) is 7. The lowest BCUT2D eigenvalue weighted by Crippen LogP contribution is -2.48. The van der Waals surface area contributed by atoms with Gasteiger partial charge >= 0.3 is 0 Å². The van der Waals surface area contributed by atoms with E-state index in [-0.39, 0.29) is 5.91 Å². The first kappa shape index (κ1) is 24.3. The monoisotopic (exact) mass is 477 g/mol. The molecule has 0 saturated carbocycles. The van der Waals surface area contributed by atoms with Gasteiger partial charge in [-0.15, -0.1) is 0 Å². The molecule has 1 aliphatic rings. The van der Waals surface area contributed by atoms with Crippen LogP contribution in [0, 0.1) is 0 Å². The van der Waals surface area contributed by atoms with E-state index in [2.05, 4.69) is 16.0 Å². The van der Waals surface area contributed by atoms with Crippen LogP contribution < -0.4 is 18.9 Å². The zero-order valence-electron chi connectivity index (χ0n) is 20.6. The Bertz CT molecular complexity index is 1130. The second kappa shape index (κ2) is 11.1. The molecule has 0 bridgehead atoms. The Labute approximate surface area is 206 Å². The molecule has 1 aromatic heterocycles. The summed E-state index contributed by atoms with van der Waals surface area (Å²) in [5.74, 6) is 2.53. The summed E-state index contributed by atoms with van der Waals surface area (Å²) in [6, 6.07) is 15.2. The number of nitrogens with zero attached hydrogens (tertiary/aromatic N) is 3. The molecule has 184 valence electrons. The van der Waals surface area contributed by atoms with Gasteiger partial charge in [-0.05, 0) is 54.1 Å². The summed E-state index contributed by atoms with van der Waals surface area (Å²) < 4.78 is 21.6. The first-order valence-electron chi connectivity index (χ1n) is 11.5. The van der Waals surface area contributed by atoms with Gasteiger partial charge < -0.3 is 23.8 Å². The van der Waals surface area contributed by atoms with Crippen LogP contribution in [0.2, 0.25) is 0 Å². The molecule has 1 saturated heterocycles. The standard InChI is InChI=1S/C27H31N3O5/c1-32-22-7-5-20(6-8-22)27(31)30-13-11-29(12-14-30)18-19-9-10-28-23(15-19)21-16-24(33-2)26(35-4)25(17-21)34-3/h5-10,15-17H,11-14,18H2,1-4H3. The van der Waals surface area contributed by atoms with E-state index in [1.54, 1.807) is 28.4 Å². The van der Waals surface area contributed by atoms with Crippen LogP contribution in [0.25, 0.3) is 11.3 Å². The summed E-state index contributed by atoms with van der Waals surface area (Å²) in [7, 11) is 6.41. The number of carbonyl (C=O) groups excluding carboxylic acids is 1. The second-order valence-corrected chi connectivity index (χ2v) is 8.26. The number of piperazine rings is 1. The summed E-state index contributed by atoms with van der Waals surface area (Å²) in [6.07, 6.45) is 1.82. The normalized spacial score (nSPS) is 13.9. The predicted molar refractivity (Wildman–Crippen MR) is 134 cm³/mol. The topological polar surface area (TPSA) is 73.4 Å². The third kappa shape index (κ3) is 5.49. The van der Waals surface area contributed by atoms with Crippen LogP contribution >= 0.6 is 0 Å². The van der Waals surface area contributed by atoms with Crippen molar-refractivity contribution in [3.05, 3.63) is 65.9 Å². The van der Waals surface area contributed by atoms with Gasteiger partial charge in [0.25, 0.3) is 5.91 Å². The van der Waals surface area contributed by atoms with E-state index in [1.807, 2.05) is 53.6 Å². The van der Waals surface area contributed by atoms with Crippen LogP contribution in [-0.2, 0) is 6.54 Å². The van der Waals surface area contributed by atoms with Gasteiger partial charge in [0, 0.05) is 50.0 Å². The van der Waals surface area contributed by atoms with Gasteiger partial charge in [0.05, 0.1) is 34.1 Å². The van der Waals surface area contributed by atoms with E-state index < -0.39 is 0 Å². The highest BCUT2D eigenvalue weighted by molar-refractivity contribution is 5.94. The summed E-state index contributed by atoms with van der Waals surface area (Å²) in [5.41, 5.74) is 3.55. The molecule has 4 rings (SSSR count). The molecule has 1 aliphatic heterocycles. The van der Waals surface area contributed by atoms with Crippen molar-refractivity contribution in [3.63, 3.8) is 0 Å². The summed E-state index contributed by atoms with van der Waals surface area (Å²) >= 11 is 0. The maximum absolute atomic E-state index is 12.8. The number of hydrogen-bond donors (Lipinski definition) is 0. The largest absolute Gasteiger partial charge is 0.497 e. The van der Waals surface area contributed by atoms with Crippen LogP contribution in [0.4, 0.5) is 0 Å². The number of benzene rings is 2. The fraction of sp³-hybridized carbons (Fsp3) is 0.333. The molecule has 0 radical (unpaired) electrons. The maximum atomic E-state index is 12.8. The van der Waals surface area contributed by atoms with Crippen molar-refractivity contribution in [1.82, 2.24) is 14.8 Å². The third-order valence-electron chi connectivity index (χ3n) is 6.19. The van der Waals surface area contributed by atoms with Crippen LogP contribution in [0.5, 0.6) is 23.0 Å². The van der Waals surface area contributed by atoms with Gasteiger partial charge in [-0.3, -0.25) is 14.7 Å². The number of aromatic nitrogens is 1. The second-order valence-electron chi connectivity index (χ2n) is 8.26. The smallest absolute Gasteiger partial charge is 0.253 e. The molecule has 0 unspecified atom stereocenters. The molecule has 1 fully saturated rings. The van der Waals surface area contributed by atoms with E-state index in [4.69, 9.17) is 18.9 Å². The summed E-state index contributed by atoms with van der Waals surface area (Å²) in [6.45, 7) is 3.78. The molecule has 8 heteroatoms. The first-order valence-corrected chi connectivity index (χ1v) is 11.5. The number of pyridine rings is 1. The van der Waals surface area contributed by atoms with E-state index in [0.717, 1.165) is 42.2 Å². The van der Waals surface area contributed by atoms with Crippen molar-refractivity contribution in [2.24, 2.45) is 0 Å². The molecular formula is C27H31N3O5. The fourth-order valence-corrected chi connectivity index (χ4v) is 4.24. The molecule has 0 atom stereocenters. The van der Waals surface area contributed by atoms with Gasteiger partial charge in [0.1, 0.15) is 5.75 Å². The highest BCUT2D eigenvalue weighted by Gasteiger charge is 2.22. The zero-order valence-corrected chi connectivity index (χ0v) is 20.6. The van der Waals surface area contributed by atoms with Gasteiger partial charge in [0.2, 0.25) is 5.75 Å². The molecule has 3 aromatic rings. The molecule has 2 heterocycles. The van der Waals surface area contributed by atoms with Gasteiger partial charge in [-0.1, -0.05) is 0 Å². The van der Waals surface area contributed by atoms with Crippen LogP contribution in [0.3, 0.4) is 0 Å². The SMILES string of the molecule is COc1ccc(C(=O)N2CCN(Cc3ccnc(-c4cc(OC)c(OC)c(OC)c4)c3)CC2)cc1. The van der Waals surface area contributed by atoms with Crippen molar-refractivity contribution in [3.8, 4) is 34.3 Å². The minimum atomic E-state index is 0.0564. The Morgan fingerprint density at radius 2 is 1.49 bits per heavy atom. The number of methoxy groups -OCH3 is 4. The number of carbonyl (C=O) groups is 1. The Kier molecular flexibility index (Phi) is 7.72. The number of amides is 1. The van der Waals surface area contributed by atoms with Gasteiger partial charge in [-0.25, -0.2) is 0 Å². The van der Waals surface area contributed by atoms with Crippen LogP contribution in [0.1, 0.15) is 15.9 Å². The molecule has 0 spiro atoms. The summed E-state index contributed by atoms with van der Waals surface area (Å²) in [5, 5.41) is 0. The van der Waals surface area contributed by atoms with Gasteiger partial charge in [0.15, 0.2) is 11.5 Å². The lowest BCUT2D eigenvalue weighted by atomic mass is 10.1. The average molecular weight is 478 g/mol. The third-order valence-corrected chi connectivity index (χ3v) is 6.19. The Morgan fingerprint density at radius 1 is 0.829 bits per heavy atom. The molecule has 8 nitrogen and oxygen atoms in total. The van der Waals surface area contributed by atoms with Crippen molar-refractivity contribution in [2.45, 2.75) is 6.54 Å². The lowest BCUT2D eigenvalue weighted by Gasteiger charge is -2.34. The van der Waals surface area contributed by atoms with Crippen molar-refractivity contribution >= 4 is 5.91 Å². The molecule has 0 aliphatic carbocycles. The number of rotatable bonds is 8. The first-order chi connectivity index (χ1) is 17.1. The van der Waals surface area contributed by atoms with E-state index in [0.29, 0.717) is 35.9 Å². The number of ether oxygens (including phenoxy) is 4. The van der Waals surface area contributed by atoms with Crippen molar-refractivity contribution < 1.29 is 23.7 Å². The predicted octanol–water partition coefficient (Wildman–Crippen LogP) is 3.74. The van der Waals surface area contributed by atoms with Crippen LogP contribution in [-0.4, -0.2) is 75.3 Å². The minimum Gasteiger partial charge on any atom is -0.497 e. The van der Waals surface area contributed by atoms with Crippen molar-refractivity contribution in [2.75, 3.05) is 54.6 Å². The zero-order chi connectivity index (χ0) is 24.8. The maximum Gasteiger partial charge on any atom is 0.253 e.